The van der Waals surface area contributed by atoms with E-state index in [1.165, 1.54) is 12.3 Å². The minimum atomic E-state index is -0.359. The molecule has 2 heterocycles. The van der Waals surface area contributed by atoms with Gasteiger partial charge in [-0.25, -0.2) is 4.39 Å². The molecule has 2 aromatic heterocycles. The van der Waals surface area contributed by atoms with E-state index in [-0.39, 0.29) is 11.9 Å². The van der Waals surface area contributed by atoms with Crippen LogP contribution >= 0.6 is 0 Å². The molecule has 0 amide bonds. The Balaban J connectivity index is 2.08. The monoisotopic (exact) mass is 234 g/mol. The Labute approximate surface area is 99.3 Å². The molecule has 0 fully saturated rings. The van der Waals surface area contributed by atoms with Crippen molar-refractivity contribution in [2.75, 3.05) is 0 Å². The van der Waals surface area contributed by atoms with Gasteiger partial charge in [0.25, 0.3) is 0 Å². The van der Waals surface area contributed by atoms with Crippen LogP contribution in [-0.4, -0.2) is 14.8 Å². The van der Waals surface area contributed by atoms with Crippen molar-refractivity contribution in [3.8, 4) is 0 Å². The Hall–Kier alpha value is -1.75. The third kappa shape index (κ3) is 2.88. The molecule has 4 nitrogen and oxygen atoms in total. The van der Waals surface area contributed by atoms with Gasteiger partial charge in [-0.1, -0.05) is 0 Å². The first-order chi connectivity index (χ1) is 8.19. The molecule has 0 aliphatic carbocycles. The van der Waals surface area contributed by atoms with Gasteiger partial charge < -0.3 is 5.73 Å². The maximum atomic E-state index is 13.0. The number of pyridine rings is 1. The van der Waals surface area contributed by atoms with Crippen molar-refractivity contribution in [3.63, 3.8) is 0 Å². The first-order valence-corrected chi connectivity index (χ1v) is 5.56. The zero-order valence-corrected chi connectivity index (χ0v) is 9.68. The normalized spacial score (nSPS) is 12.6. The van der Waals surface area contributed by atoms with Crippen LogP contribution in [0.5, 0.6) is 0 Å². The molecule has 17 heavy (non-hydrogen) atoms. The summed E-state index contributed by atoms with van der Waals surface area (Å²) in [6, 6.07) is 1.16. The van der Waals surface area contributed by atoms with E-state index in [2.05, 4.69) is 10.1 Å². The molecular formula is C12H15FN4. The minimum absolute atomic E-state index is 0.257. The molecule has 0 spiro atoms. The lowest BCUT2D eigenvalue weighted by Gasteiger charge is -2.09. The van der Waals surface area contributed by atoms with Crippen molar-refractivity contribution >= 4 is 0 Å². The highest BCUT2D eigenvalue weighted by Crippen LogP contribution is 2.15. The lowest BCUT2D eigenvalue weighted by Crippen LogP contribution is -2.13. The average Bonchev–Trinajstić information content (AvgIpc) is 2.77. The molecule has 0 bridgehead atoms. The van der Waals surface area contributed by atoms with Gasteiger partial charge in [0.05, 0.1) is 12.4 Å². The summed E-state index contributed by atoms with van der Waals surface area (Å²) in [6.45, 7) is 2.85. The van der Waals surface area contributed by atoms with Crippen molar-refractivity contribution < 1.29 is 4.39 Å². The van der Waals surface area contributed by atoms with Crippen LogP contribution in [0, 0.1) is 5.82 Å². The lowest BCUT2D eigenvalue weighted by atomic mass is 10.0. The van der Waals surface area contributed by atoms with Crippen LogP contribution < -0.4 is 5.73 Å². The lowest BCUT2D eigenvalue weighted by molar-refractivity contribution is 0.610. The average molecular weight is 234 g/mol. The van der Waals surface area contributed by atoms with Crippen molar-refractivity contribution in [2.24, 2.45) is 5.73 Å². The number of nitrogens with two attached hydrogens (primary N) is 1. The van der Waals surface area contributed by atoms with Crippen LogP contribution in [0.25, 0.3) is 0 Å². The molecule has 5 heteroatoms. The molecule has 0 aliphatic heterocycles. The second-order valence-electron chi connectivity index (χ2n) is 3.95. The van der Waals surface area contributed by atoms with E-state index in [0.717, 1.165) is 12.1 Å². The van der Waals surface area contributed by atoms with Gasteiger partial charge in [0.1, 0.15) is 5.82 Å². The first-order valence-electron chi connectivity index (χ1n) is 5.56. The third-order valence-electron chi connectivity index (χ3n) is 2.62. The van der Waals surface area contributed by atoms with Crippen LogP contribution in [0.15, 0.2) is 30.9 Å². The van der Waals surface area contributed by atoms with Gasteiger partial charge in [-0.15, -0.1) is 0 Å². The van der Waals surface area contributed by atoms with Crippen LogP contribution in [0.2, 0.25) is 0 Å². The Morgan fingerprint density at radius 2 is 2.24 bits per heavy atom. The Morgan fingerprint density at radius 1 is 1.41 bits per heavy atom. The van der Waals surface area contributed by atoms with E-state index in [1.807, 2.05) is 17.8 Å². The Kier molecular flexibility index (Phi) is 3.49. The Morgan fingerprint density at radius 3 is 2.88 bits per heavy atom. The molecule has 90 valence electrons. The maximum Gasteiger partial charge on any atom is 0.141 e. The van der Waals surface area contributed by atoms with E-state index in [4.69, 9.17) is 5.73 Å². The van der Waals surface area contributed by atoms with E-state index < -0.39 is 0 Å². The van der Waals surface area contributed by atoms with Gasteiger partial charge in [-0.3, -0.25) is 9.67 Å². The number of halogens is 1. The van der Waals surface area contributed by atoms with Gasteiger partial charge in [0.2, 0.25) is 0 Å². The van der Waals surface area contributed by atoms with Gasteiger partial charge in [-0.2, -0.15) is 5.10 Å². The highest BCUT2D eigenvalue weighted by atomic mass is 19.1. The molecular weight excluding hydrogens is 219 g/mol. The topological polar surface area (TPSA) is 56.7 Å². The zero-order chi connectivity index (χ0) is 12.3. The predicted molar refractivity (Wildman–Crippen MR) is 62.7 cm³/mol. The smallest absolute Gasteiger partial charge is 0.141 e. The summed E-state index contributed by atoms with van der Waals surface area (Å²) in [7, 11) is 0. The van der Waals surface area contributed by atoms with Gasteiger partial charge in [0, 0.05) is 25.0 Å². The van der Waals surface area contributed by atoms with Crippen LogP contribution in [0.1, 0.15) is 24.1 Å². The number of hydrogen-bond donors (Lipinski definition) is 1. The molecule has 0 radical (unpaired) electrons. The number of aryl methyl sites for hydroxylation is 1. The van der Waals surface area contributed by atoms with E-state index in [9.17, 15) is 4.39 Å². The highest BCUT2D eigenvalue weighted by molar-refractivity contribution is 5.18. The summed E-state index contributed by atoms with van der Waals surface area (Å²) >= 11 is 0. The first kappa shape index (κ1) is 11.7. The molecule has 1 atom stereocenters. The number of nitrogens with zero attached hydrogens (tertiary/aromatic N) is 3. The molecule has 2 N–H and O–H groups in total. The largest absolute Gasteiger partial charge is 0.324 e. The fourth-order valence-electron chi connectivity index (χ4n) is 1.69. The van der Waals surface area contributed by atoms with Crippen LogP contribution in [0.4, 0.5) is 4.39 Å². The van der Waals surface area contributed by atoms with E-state index >= 15 is 0 Å². The SMILES string of the molecule is CCn1cc(CC(N)c2cncc(F)c2)cn1. The van der Waals surface area contributed by atoms with Crippen molar-refractivity contribution in [2.45, 2.75) is 25.9 Å². The van der Waals surface area contributed by atoms with Gasteiger partial charge >= 0.3 is 0 Å². The van der Waals surface area contributed by atoms with Crippen molar-refractivity contribution in [1.82, 2.24) is 14.8 Å². The summed E-state index contributed by atoms with van der Waals surface area (Å²) < 4.78 is 14.8. The maximum absolute atomic E-state index is 13.0. The minimum Gasteiger partial charge on any atom is -0.324 e. The summed E-state index contributed by atoms with van der Waals surface area (Å²) in [6.07, 6.45) is 7.14. The summed E-state index contributed by atoms with van der Waals surface area (Å²) in [5, 5.41) is 4.17. The molecule has 1 unspecified atom stereocenters. The fourth-order valence-corrected chi connectivity index (χ4v) is 1.69. The quantitative estimate of drug-likeness (QED) is 0.875. The standard InChI is InChI=1S/C12H15FN4/c1-2-17-8-9(5-16-17)3-12(14)10-4-11(13)7-15-6-10/h4-8,12H,2-3,14H2,1H3. The van der Waals surface area contributed by atoms with Gasteiger partial charge in [0.15, 0.2) is 0 Å². The Bertz CT molecular complexity index is 495. The molecule has 0 saturated carbocycles. The van der Waals surface area contributed by atoms with Crippen LogP contribution in [0.3, 0.4) is 0 Å². The second kappa shape index (κ2) is 5.05. The second-order valence-corrected chi connectivity index (χ2v) is 3.95. The van der Waals surface area contributed by atoms with Crippen LogP contribution in [-0.2, 0) is 13.0 Å². The van der Waals surface area contributed by atoms with Crippen molar-refractivity contribution in [1.29, 1.82) is 0 Å². The summed E-state index contributed by atoms with van der Waals surface area (Å²) in [5.74, 6) is -0.359. The fraction of sp³-hybridized carbons (Fsp3) is 0.333. The van der Waals surface area contributed by atoms with E-state index in [1.54, 1.807) is 12.4 Å². The van der Waals surface area contributed by atoms with Gasteiger partial charge in [-0.05, 0) is 30.5 Å². The number of hydrogen-bond acceptors (Lipinski definition) is 3. The molecule has 0 saturated heterocycles. The molecule has 0 aliphatic rings. The zero-order valence-electron chi connectivity index (χ0n) is 9.68. The molecule has 0 aromatic carbocycles. The highest BCUT2D eigenvalue weighted by Gasteiger charge is 2.09. The summed E-state index contributed by atoms with van der Waals surface area (Å²) in [5.41, 5.74) is 7.75. The summed E-state index contributed by atoms with van der Waals surface area (Å²) in [4.78, 5) is 3.79. The molecule has 2 rings (SSSR count). The van der Waals surface area contributed by atoms with E-state index in [0.29, 0.717) is 12.0 Å². The predicted octanol–water partition coefficient (Wildman–Crippen LogP) is 1.68. The van der Waals surface area contributed by atoms with Crippen molar-refractivity contribution in [3.05, 3.63) is 47.8 Å². The number of rotatable bonds is 4. The number of aromatic nitrogens is 3. The molecule has 2 aromatic rings. The third-order valence-corrected chi connectivity index (χ3v) is 2.62.